The summed E-state index contributed by atoms with van der Waals surface area (Å²) in [7, 11) is 0. The summed E-state index contributed by atoms with van der Waals surface area (Å²) < 4.78 is 40.8. The van der Waals surface area contributed by atoms with Crippen LogP contribution in [0.25, 0.3) is 0 Å². The van der Waals surface area contributed by atoms with E-state index in [1.807, 2.05) is 6.92 Å². The summed E-state index contributed by atoms with van der Waals surface area (Å²) in [6.45, 7) is 5.75. The molecule has 0 amide bonds. The number of fused-ring (bicyclic) bond motifs is 5. The zero-order chi connectivity index (χ0) is 48.2. The van der Waals surface area contributed by atoms with Gasteiger partial charge in [0, 0.05) is 6.42 Å². The van der Waals surface area contributed by atoms with E-state index in [9.17, 15) is 70.9 Å². The lowest BCUT2D eigenvalue weighted by atomic mass is 9.44. The minimum absolute atomic E-state index is 0.0367. The molecule has 4 aliphatic carbocycles. The van der Waals surface area contributed by atoms with Crippen LogP contribution in [0.2, 0.25) is 0 Å². The van der Waals surface area contributed by atoms with Crippen molar-refractivity contribution < 1.29 is 104 Å². The number of hydrogen-bond acceptors (Lipinski definition) is 21. The molecule has 12 N–H and O–H groups in total. The van der Waals surface area contributed by atoms with E-state index in [0.29, 0.717) is 25.7 Å². The molecule has 0 aromatic heterocycles. The highest BCUT2D eigenvalue weighted by atomic mass is 16.8. The van der Waals surface area contributed by atoms with Crippen LogP contribution in [-0.2, 0) is 42.7 Å². The number of rotatable bonds is 15. The second-order valence-corrected chi connectivity index (χ2v) is 20.9. The van der Waals surface area contributed by atoms with E-state index in [0.717, 1.165) is 25.7 Å². The summed E-state index contributed by atoms with van der Waals surface area (Å²) in [5.41, 5.74) is -0.768. The third kappa shape index (κ3) is 9.87. The lowest BCUT2D eigenvalue weighted by Gasteiger charge is -2.61. The predicted octanol–water partition coefficient (Wildman–Crippen LogP) is -3.03. The fourth-order valence-electron chi connectivity index (χ4n) is 13.2. The zero-order valence-corrected chi connectivity index (χ0v) is 38.1. The van der Waals surface area contributed by atoms with Crippen molar-refractivity contribution in [3.8, 4) is 0 Å². The Morgan fingerprint density at radius 1 is 0.652 bits per heavy atom. The first kappa shape index (κ1) is 52.2. The van der Waals surface area contributed by atoms with Crippen molar-refractivity contribution in [2.24, 2.45) is 46.3 Å². The van der Waals surface area contributed by atoms with Gasteiger partial charge in [-0.25, -0.2) is 0 Å². The van der Waals surface area contributed by atoms with Gasteiger partial charge in [-0.3, -0.25) is 9.59 Å². The molecule has 0 bridgehead atoms. The van der Waals surface area contributed by atoms with E-state index in [4.69, 9.17) is 33.2 Å². The van der Waals surface area contributed by atoms with E-state index in [-0.39, 0.29) is 53.8 Å². The predicted molar refractivity (Wildman–Crippen MR) is 222 cm³/mol. The number of ketones is 1. The molecule has 0 spiro atoms. The highest BCUT2D eigenvalue weighted by Gasteiger charge is 2.65. The maximum absolute atomic E-state index is 13.4. The highest BCUT2D eigenvalue weighted by molar-refractivity contribution is 5.81. The Labute approximate surface area is 383 Å². The molecule has 21 heteroatoms. The maximum atomic E-state index is 13.4. The number of ether oxygens (including phenoxy) is 7. The zero-order valence-electron chi connectivity index (χ0n) is 38.1. The van der Waals surface area contributed by atoms with Crippen molar-refractivity contribution in [1.29, 1.82) is 0 Å². The van der Waals surface area contributed by atoms with Crippen molar-refractivity contribution >= 4 is 11.8 Å². The van der Waals surface area contributed by atoms with Gasteiger partial charge in [0.05, 0.1) is 44.6 Å². The minimum Gasteiger partial charge on any atom is -0.462 e. The molecule has 66 heavy (non-hydrogen) atoms. The van der Waals surface area contributed by atoms with E-state index in [2.05, 4.69) is 13.8 Å². The number of aliphatic hydroxyl groups excluding tert-OH is 12. The summed E-state index contributed by atoms with van der Waals surface area (Å²) in [5.74, 6) is -0.702. The molecule has 7 aliphatic rings. The van der Waals surface area contributed by atoms with Gasteiger partial charge >= 0.3 is 5.97 Å². The molecule has 0 radical (unpaired) electrons. The second kappa shape index (κ2) is 21.0. The molecule has 7 fully saturated rings. The quantitative estimate of drug-likeness (QED) is 0.0574. The lowest BCUT2D eigenvalue weighted by molar-refractivity contribution is -0.376. The molecule has 0 aromatic rings. The van der Waals surface area contributed by atoms with Gasteiger partial charge in [0.1, 0.15) is 85.1 Å². The molecule has 3 heterocycles. The van der Waals surface area contributed by atoms with E-state index in [1.165, 1.54) is 0 Å². The summed E-state index contributed by atoms with van der Waals surface area (Å²) >= 11 is 0. The van der Waals surface area contributed by atoms with Crippen molar-refractivity contribution in [2.45, 2.75) is 196 Å². The molecule has 380 valence electrons. The van der Waals surface area contributed by atoms with Crippen LogP contribution in [0, 0.1) is 46.3 Å². The Bertz CT molecular complexity index is 1640. The largest absolute Gasteiger partial charge is 0.462 e. The molecule has 7 rings (SSSR count). The third-order valence-corrected chi connectivity index (χ3v) is 16.9. The lowest BCUT2D eigenvalue weighted by Crippen LogP contribution is -2.65. The molecule has 0 unspecified atom stereocenters. The van der Waals surface area contributed by atoms with Crippen molar-refractivity contribution in [1.82, 2.24) is 0 Å². The van der Waals surface area contributed by atoms with Crippen LogP contribution in [0.3, 0.4) is 0 Å². The number of Topliss-reactive ketones (excluding diaryl/α,β-unsaturated/α-hetero) is 1. The third-order valence-electron chi connectivity index (χ3n) is 16.9. The molecular formula is C45H74O21. The van der Waals surface area contributed by atoms with Crippen LogP contribution in [0.4, 0.5) is 0 Å². The van der Waals surface area contributed by atoms with Gasteiger partial charge < -0.3 is 94.4 Å². The Morgan fingerprint density at radius 3 is 1.83 bits per heavy atom. The van der Waals surface area contributed by atoms with E-state index < -0.39 is 148 Å². The van der Waals surface area contributed by atoms with Crippen LogP contribution in [0.15, 0.2) is 0 Å². The normalized spacial score (nSPS) is 51.0. The topological polar surface area (TPSA) is 342 Å². The van der Waals surface area contributed by atoms with Crippen LogP contribution in [0.1, 0.15) is 85.5 Å². The molecular weight excluding hydrogens is 876 g/mol. The second-order valence-electron chi connectivity index (χ2n) is 20.9. The fourth-order valence-corrected chi connectivity index (χ4v) is 13.2. The summed E-state index contributed by atoms with van der Waals surface area (Å²) in [6, 6.07) is 0. The minimum atomic E-state index is -1.83. The number of aliphatic hydroxyl groups is 12. The van der Waals surface area contributed by atoms with E-state index >= 15 is 0 Å². The van der Waals surface area contributed by atoms with Gasteiger partial charge in [-0.1, -0.05) is 20.8 Å². The van der Waals surface area contributed by atoms with Gasteiger partial charge in [-0.2, -0.15) is 0 Å². The number of carbonyl (C=O) groups is 2. The van der Waals surface area contributed by atoms with Gasteiger partial charge in [0.2, 0.25) is 0 Å². The Morgan fingerprint density at radius 2 is 1.23 bits per heavy atom. The van der Waals surface area contributed by atoms with Gasteiger partial charge in [-0.05, 0) is 98.7 Å². The standard InChI is InChI=1S/C45H74O21/c1-18(17-60-41-38(58)35(55)32(52)27(14-46)63-41)5-8-30(51)61-26-12-23-21-7-6-20-11-25(24(50)13-45(20,4)22(21)9-10-44(23,3)31(26)19(2)49)62-43-40(37(57)34(54)29(16-48)65-43)66-42-39(59)36(56)33(53)28(15-47)64-42/h18,20-29,31-43,46-48,50,52-59H,5-17H2,1-4H3/t18-,20+,21+,22-,23-,24-,25+,26-,27+,28+,29+,31-,32+,33+,34-,35-,36-,37-,38+,39+,40+,41+,42-,43+,44-,45-/m0/s1. The molecule has 3 saturated heterocycles. The number of esters is 1. The van der Waals surface area contributed by atoms with Crippen LogP contribution in [0.5, 0.6) is 0 Å². The number of hydrogen-bond donors (Lipinski definition) is 12. The van der Waals surface area contributed by atoms with E-state index in [1.54, 1.807) is 6.92 Å². The van der Waals surface area contributed by atoms with Crippen LogP contribution >= 0.6 is 0 Å². The first-order valence-corrected chi connectivity index (χ1v) is 23.7. The molecule has 21 nitrogen and oxygen atoms in total. The smallest absolute Gasteiger partial charge is 0.306 e. The van der Waals surface area contributed by atoms with Crippen LogP contribution < -0.4 is 0 Å². The first-order chi connectivity index (χ1) is 31.2. The molecule has 26 atom stereocenters. The SMILES string of the molecule is CC(=O)[C@H]1[C@@H](OC(=O)CC[C@H](C)CO[C@@H]2O[C@H](CO)[C@@H](O)[C@H](O)[C@H]2O)C[C@H]2[C@@H]3CC[C@@H]4C[C@@H](O[C@@H]5O[C@H](CO)[C@H](O)[C@H](O)[C@H]5O[C@@H]5O[C@H](CO)[C@@H](O)[C@H](O)[C@H]5O)[C@@H](O)C[C@]4(C)[C@H]3CC[C@@]21C. The highest BCUT2D eigenvalue weighted by Crippen LogP contribution is 2.68. The molecule has 0 aromatic carbocycles. The average Bonchev–Trinajstić information content (AvgIpc) is 3.58. The van der Waals surface area contributed by atoms with Crippen molar-refractivity contribution in [2.75, 3.05) is 26.4 Å². The van der Waals surface area contributed by atoms with Crippen molar-refractivity contribution in [3.63, 3.8) is 0 Å². The Hall–Kier alpha value is -1.58. The van der Waals surface area contributed by atoms with Gasteiger partial charge in [-0.15, -0.1) is 0 Å². The number of carbonyl (C=O) groups excluding carboxylic acids is 2. The van der Waals surface area contributed by atoms with Gasteiger partial charge in [0.25, 0.3) is 0 Å². The summed E-state index contributed by atoms with van der Waals surface area (Å²) in [6.07, 6.45) is -20.8. The van der Waals surface area contributed by atoms with Gasteiger partial charge in [0.15, 0.2) is 18.9 Å². The van der Waals surface area contributed by atoms with Crippen LogP contribution in [-0.4, -0.2) is 210 Å². The Balaban J connectivity index is 0.974. The Kier molecular flexibility index (Phi) is 16.6. The van der Waals surface area contributed by atoms with Crippen molar-refractivity contribution in [3.05, 3.63) is 0 Å². The monoisotopic (exact) mass is 950 g/mol. The molecule has 4 saturated carbocycles. The molecule has 3 aliphatic heterocycles. The first-order valence-electron chi connectivity index (χ1n) is 23.7. The maximum Gasteiger partial charge on any atom is 0.306 e. The fraction of sp³-hybridized carbons (Fsp3) is 0.956. The average molecular weight is 951 g/mol. The summed E-state index contributed by atoms with van der Waals surface area (Å²) in [4.78, 5) is 26.9. The summed E-state index contributed by atoms with van der Waals surface area (Å²) in [5, 5.41) is 125.